The van der Waals surface area contributed by atoms with Crippen LogP contribution in [0.1, 0.15) is 48.5 Å². The molecule has 0 aromatic heterocycles. The summed E-state index contributed by atoms with van der Waals surface area (Å²) in [7, 11) is 0. The monoisotopic (exact) mass is 246 g/mol. The number of benzene rings is 1. The van der Waals surface area contributed by atoms with Crippen LogP contribution >= 0.6 is 0 Å². The topological polar surface area (TPSA) is 41.1 Å². The Morgan fingerprint density at radius 2 is 1.89 bits per heavy atom. The second kappa shape index (κ2) is 6.01. The Morgan fingerprint density at radius 3 is 2.44 bits per heavy atom. The van der Waals surface area contributed by atoms with Gasteiger partial charge in [0.2, 0.25) is 0 Å². The molecule has 2 N–H and O–H groups in total. The Balaban J connectivity index is 1.76. The van der Waals surface area contributed by atoms with Crippen molar-refractivity contribution >= 4 is 5.91 Å². The number of nitrogens with one attached hydrogen (secondary N) is 2. The summed E-state index contributed by atoms with van der Waals surface area (Å²) in [4.78, 5) is 11.8. The maximum atomic E-state index is 11.8. The zero-order valence-electron chi connectivity index (χ0n) is 11.2. The molecule has 0 atom stereocenters. The number of amides is 1. The summed E-state index contributed by atoms with van der Waals surface area (Å²) in [6.07, 6.45) is 2.56. The van der Waals surface area contributed by atoms with Crippen LogP contribution in [0.4, 0.5) is 0 Å². The van der Waals surface area contributed by atoms with Gasteiger partial charge in [0.05, 0.1) is 0 Å². The van der Waals surface area contributed by atoms with Crippen LogP contribution in [-0.2, 0) is 0 Å². The highest BCUT2D eigenvalue weighted by atomic mass is 16.1. The second-order valence-corrected chi connectivity index (χ2v) is 5.26. The Kier molecular flexibility index (Phi) is 4.37. The van der Waals surface area contributed by atoms with E-state index in [0.29, 0.717) is 18.5 Å². The summed E-state index contributed by atoms with van der Waals surface area (Å²) in [5.41, 5.74) is 2.01. The van der Waals surface area contributed by atoms with Crippen LogP contribution in [-0.4, -0.2) is 25.0 Å². The minimum Gasteiger partial charge on any atom is -0.351 e. The average molecular weight is 246 g/mol. The Hall–Kier alpha value is -1.35. The largest absolute Gasteiger partial charge is 0.351 e. The van der Waals surface area contributed by atoms with Gasteiger partial charge in [-0.2, -0.15) is 0 Å². The predicted octanol–water partition coefficient (Wildman–Crippen LogP) is 2.29. The minimum absolute atomic E-state index is 0.0166. The van der Waals surface area contributed by atoms with Crippen molar-refractivity contribution in [3.8, 4) is 0 Å². The molecule has 18 heavy (non-hydrogen) atoms. The molecule has 0 aliphatic heterocycles. The summed E-state index contributed by atoms with van der Waals surface area (Å²) >= 11 is 0. The lowest BCUT2D eigenvalue weighted by molar-refractivity contribution is 0.0954. The van der Waals surface area contributed by atoms with Gasteiger partial charge in [-0.25, -0.2) is 0 Å². The summed E-state index contributed by atoms with van der Waals surface area (Å²) in [5, 5.41) is 6.30. The van der Waals surface area contributed by atoms with Crippen LogP contribution < -0.4 is 10.6 Å². The van der Waals surface area contributed by atoms with Crippen molar-refractivity contribution in [3.63, 3.8) is 0 Å². The van der Waals surface area contributed by atoms with E-state index in [1.807, 2.05) is 24.3 Å². The third-order valence-corrected chi connectivity index (χ3v) is 3.26. The third kappa shape index (κ3) is 3.84. The van der Waals surface area contributed by atoms with E-state index in [-0.39, 0.29) is 5.91 Å². The van der Waals surface area contributed by atoms with E-state index in [0.717, 1.165) is 12.1 Å². The van der Waals surface area contributed by atoms with Gasteiger partial charge in [-0.05, 0) is 36.5 Å². The molecule has 1 aliphatic carbocycles. The van der Waals surface area contributed by atoms with Gasteiger partial charge in [0.25, 0.3) is 5.91 Å². The lowest BCUT2D eigenvalue weighted by atomic mass is 10.0. The quantitative estimate of drug-likeness (QED) is 0.756. The summed E-state index contributed by atoms with van der Waals surface area (Å²) in [5.74, 6) is 0.521. The molecule has 1 saturated carbocycles. The zero-order valence-corrected chi connectivity index (χ0v) is 11.2. The van der Waals surface area contributed by atoms with Crippen molar-refractivity contribution in [1.29, 1.82) is 0 Å². The van der Waals surface area contributed by atoms with Crippen molar-refractivity contribution in [3.05, 3.63) is 35.4 Å². The molecule has 1 aromatic rings. The van der Waals surface area contributed by atoms with Crippen molar-refractivity contribution in [1.82, 2.24) is 10.6 Å². The molecule has 3 nitrogen and oxygen atoms in total. The predicted molar refractivity (Wildman–Crippen MR) is 73.9 cm³/mol. The molecular weight excluding hydrogens is 224 g/mol. The van der Waals surface area contributed by atoms with Gasteiger partial charge in [0.1, 0.15) is 0 Å². The average Bonchev–Trinajstić information content (AvgIpc) is 3.18. The van der Waals surface area contributed by atoms with E-state index < -0.39 is 0 Å². The smallest absolute Gasteiger partial charge is 0.251 e. The maximum absolute atomic E-state index is 11.8. The lowest BCUT2D eigenvalue weighted by Gasteiger charge is -2.08. The molecule has 1 amide bonds. The molecule has 3 heteroatoms. The first-order valence-corrected chi connectivity index (χ1v) is 6.78. The Morgan fingerprint density at radius 1 is 1.22 bits per heavy atom. The zero-order chi connectivity index (χ0) is 13.0. The first-order valence-electron chi connectivity index (χ1n) is 6.78. The number of hydrogen-bond donors (Lipinski definition) is 2. The van der Waals surface area contributed by atoms with Crippen LogP contribution in [0.5, 0.6) is 0 Å². The molecule has 1 fully saturated rings. The first-order chi connectivity index (χ1) is 8.66. The highest BCUT2D eigenvalue weighted by Crippen LogP contribution is 2.17. The van der Waals surface area contributed by atoms with Crippen LogP contribution in [0.15, 0.2) is 24.3 Å². The van der Waals surface area contributed by atoms with E-state index in [1.54, 1.807) is 0 Å². The summed E-state index contributed by atoms with van der Waals surface area (Å²) in [6.45, 7) is 5.86. The molecule has 0 unspecified atom stereocenters. The molecule has 0 radical (unpaired) electrons. The van der Waals surface area contributed by atoms with Gasteiger partial charge in [0.15, 0.2) is 0 Å². The fourth-order valence-electron chi connectivity index (χ4n) is 1.86. The second-order valence-electron chi connectivity index (χ2n) is 5.26. The fraction of sp³-hybridized carbons (Fsp3) is 0.533. The lowest BCUT2D eigenvalue weighted by Crippen LogP contribution is -2.32. The molecule has 1 aromatic carbocycles. The first kappa shape index (κ1) is 13.1. The molecular formula is C15H22N2O. The normalized spacial score (nSPS) is 14.8. The fourth-order valence-corrected chi connectivity index (χ4v) is 1.86. The van der Waals surface area contributed by atoms with Crippen molar-refractivity contribution < 1.29 is 4.79 Å². The molecule has 0 saturated heterocycles. The Labute approximate surface area is 109 Å². The van der Waals surface area contributed by atoms with E-state index in [1.165, 1.54) is 18.4 Å². The summed E-state index contributed by atoms with van der Waals surface area (Å²) < 4.78 is 0. The van der Waals surface area contributed by atoms with Crippen LogP contribution in [0.2, 0.25) is 0 Å². The van der Waals surface area contributed by atoms with Gasteiger partial charge < -0.3 is 10.6 Å². The third-order valence-electron chi connectivity index (χ3n) is 3.26. The minimum atomic E-state index is 0.0166. The number of carbonyl (C=O) groups excluding carboxylic acids is 1. The standard InChI is InChI=1S/C15H22N2O/c1-11(2)12-3-5-13(6-4-12)15(18)17-10-9-16-14-7-8-14/h3-6,11,14,16H,7-10H2,1-2H3,(H,17,18). The number of carbonyl (C=O) groups is 1. The van der Waals surface area contributed by atoms with Gasteiger partial charge >= 0.3 is 0 Å². The molecule has 0 spiro atoms. The van der Waals surface area contributed by atoms with Gasteiger partial charge in [-0.15, -0.1) is 0 Å². The Bertz CT molecular complexity index is 393. The summed E-state index contributed by atoms with van der Waals surface area (Å²) in [6, 6.07) is 8.56. The number of rotatable bonds is 6. The van der Waals surface area contributed by atoms with Gasteiger partial charge in [0, 0.05) is 24.7 Å². The number of hydrogen-bond acceptors (Lipinski definition) is 2. The highest BCUT2D eigenvalue weighted by Gasteiger charge is 2.19. The highest BCUT2D eigenvalue weighted by molar-refractivity contribution is 5.94. The van der Waals surface area contributed by atoms with E-state index in [9.17, 15) is 4.79 Å². The van der Waals surface area contributed by atoms with E-state index >= 15 is 0 Å². The van der Waals surface area contributed by atoms with Gasteiger partial charge in [-0.1, -0.05) is 26.0 Å². The van der Waals surface area contributed by atoms with Gasteiger partial charge in [-0.3, -0.25) is 4.79 Å². The van der Waals surface area contributed by atoms with E-state index in [4.69, 9.17) is 0 Å². The molecule has 1 aliphatic rings. The molecule has 0 bridgehead atoms. The molecule has 98 valence electrons. The van der Waals surface area contributed by atoms with Crippen LogP contribution in [0, 0.1) is 0 Å². The van der Waals surface area contributed by atoms with Crippen LogP contribution in [0.3, 0.4) is 0 Å². The SMILES string of the molecule is CC(C)c1ccc(C(=O)NCCNC2CC2)cc1. The van der Waals surface area contributed by atoms with E-state index in [2.05, 4.69) is 24.5 Å². The maximum Gasteiger partial charge on any atom is 0.251 e. The van der Waals surface area contributed by atoms with Crippen molar-refractivity contribution in [2.75, 3.05) is 13.1 Å². The van der Waals surface area contributed by atoms with Crippen molar-refractivity contribution in [2.45, 2.75) is 38.6 Å². The van der Waals surface area contributed by atoms with Crippen LogP contribution in [0.25, 0.3) is 0 Å². The molecule has 2 rings (SSSR count). The van der Waals surface area contributed by atoms with Crippen molar-refractivity contribution in [2.24, 2.45) is 0 Å². The molecule has 0 heterocycles.